The highest BCUT2D eigenvalue weighted by atomic mass is 32.1. The maximum absolute atomic E-state index is 2.51. The van der Waals surface area contributed by atoms with E-state index in [1.54, 1.807) is 0 Å². The van der Waals surface area contributed by atoms with E-state index in [1.165, 1.54) is 115 Å². The Kier molecular flexibility index (Phi) is 6.61. The lowest BCUT2D eigenvalue weighted by Gasteiger charge is -2.24. The first kappa shape index (κ1) is 29.7. The normalized spacial score (nSPS) is 13.5. The Balaban J connectivity index is 1.21. The molecule has 1 aliphatic rings. The number of fused-ring (bicyclic) bond motifs is 10. The molecule has 50 heavy (non-hydrogen) atoms. The molecule has 240 valence electrons. The van der Waals surface area contributed by atoms with Crippen molar-refractivity contribution in [2.45, 2.75) is 45.4 Å². The molecule has 1 heteroatoms. The minimum atomic E-state index is -0.119. The number of benzene rings is 8. The number of hydrogen-bond acceptors (Lipinski definition) is 1. The first-order valence-corrected chi connectivity index (χ1v) is 18.9. The second kappa shape index (κ2) is 11.1. The molecule has 0 bridgehead atoms. The standard InChI is InChI=1S/C49H38S/c1-4-5-13-30-22-25-33-31(28-30)23-27-39-34-26-24-32(29-42(34)49(2,3)48(33)39)45-35-14-6-8-16-37(35)46(38-17-9-7-15-36(38)45)41-19-12-21-44-47(41)40-18-10-11-20-43(40)50-44/h6-12,14-29H,4-5,13H2,1-3H3. The molecule has 9 aromatic rings. The number of unbranched alkanes of at least 4 members (excludes halogenated alkanes) is 1. The predicted octanol–water partition coefficient (Wildman–Crippen LogP) is 14.5. The van der Waals surface area contributed by atoms with Crippen LogP contribution in [0.5, 0.6) is 0 Å². The molecule has 0 N–H and O–H groups in total. The number of rotatable bonds is 5. The van der Waals surface area contributed by atoms with E-state index in [9.17, 15) is 0 Å². The van der Waals surface area contributed by atoms with Gasteiger partial charge in [-0.3, -0.25) is 0 Å². The zero-order valence-electron chi connectivity index (χ0n) is 28.8. The molecule has 0 aliphatic heterocycles. The Morgan fingerprint density at radius 1 is 0.520 bits per heavy atom. The van der Waals surface area contributed by atoms with Gasteiger partial charge in [0.2, 0.25) is 0 Å². The van der Waals surface area contributed by atoms with Crippen LogP contribution in [0.25, 0.3) is 85.9 Å². The third-order valence-corrected chi connectivity index (χ3v) is 12.5. The molecule has 1 aliphatic carbocycles. The molecule has 0 atom stereocenters. The van der Waals surface area contributed by atoms with Crippen molar-refractivity contribution in [3.8, 4) is 33.4 Å². The van der Waals surface area contributed by atoms with Crippen LogP contribution in [0.4, 0.5) is 0 Å². The number of hydrogen-bond donors (Lipinski definition) is 0. The minimum absolute atomic E-state index is 0.119. The van der Waals surface area contributed by atoms with Gasteiger partial charge >= 0.3 is 0 Å². The third kappa shape index (κ3) is 4.23. The van der Waals surface area contributed by atoms with Gasteiger partial charge in [-0.15, -0.1) is 11.3 Å². The molecule has 0 radical (unpaired) electrons. The van der Waals surface area contributed by atoms with Crippen molar-refractivity contribution in [3.63, 3.8) is 0 Å². The van der Waals surface area contributed by atoms with Crippen molar-refractivity contribution in [1.82, 2.24) is 0 Å². The summed E-state index contributed by atoms with van der Waals surface area (Å²) in [7, 11) is 0. The maximum atomic E-state index is 2.51. The lowest BCUT2D eigenvalue weighted by molar-refractivity contribution is 0.666. The van der Waals surface area contributed by atoms with Crippen molar-refractivity contribution in [2.75, 3.05) is 0 Å². The highest BCUT2D eigenvalue weighted by molar-refractivity contribution is 7.25. The van der Waals surface area contributed by atoms with Crippen molar-refractivity contribution in [1.29, 1.82) is 0 Å². The minimum Gasteiger partial charge on any atom is -0.135 e. The van der Waals surface area contributed by atoms with E-state index in [2.05, 4.69) is 160 Å². The predicted molar refractivity (Wildman–Crippen MR) is 219 cm³/mol. The summed E-state index contributed by atoms with van der Waals surface area (Å²) in [5.74, 6) is 0. The Hall–Kier alpha value is -5.24. The van der Waals surface area contributed by atoms with E-state index in [1.807, 2.05) is 11.3 Å². The van der Waals surface area contributed by atoms with Crippen LogP contribution in [0.1, 0.15) is 50.3 Å². The number of thiophene rings is 1. The highest BCUT2D eigenvalue weighted by Gasteiger charge is 2.37. The van der Waals surface area contributed by atoms with Gasteiger partial charge in [0.15, 0.2) is 0 Å². The fourth-order valence-corrected chi connectivity index (χ4v) is 10.2. The van der Waals surface area contributed by atoms with Crippen LogP contribution in [0.3, 0.4) is 0 Å². The molecule has 1 aromatic heterocycles. The van der Waals surface area contributed by atoms with E-state index in [0.29, 0.717) is 0 Å². The second-order valence-corrected chi connectivity index (χ2v) is 15.7. The summed E-state index contributed by atoms with van der Waals surface area (Å²) in [5, 5.41) is 10.7. The highest BCUT2D eigenvalue weighted by Crippen LogP contribution is 2.54. The lowest BCUT2D eigenvalue weighted by Crippen LogP contribution is -2.15. The SMILES string of the molecule is CCCCc1ccc2c3c(ccc2c1)-c1ccc(-c2c4ccccc4c(-c4cccc5sc6ccccc6c45)c4ccccc24)cc1C3(C)C. The molecule has 0 fully saturated rings. The fraction of sp³-hybridized carbons (Fsp3) is 0.143. The van der Waals surface area contributed by atoms with Gasteiger partial charge in [0.1, 0.15) is 0 Å². The van der Waals surface area contributed by atoms with Crippen molar-refractivity contribution in [3.05, 3.63) is 156 Å². The molecular weight excluding hydrogens is 621 g/mol. The van der Waals surface area contributed by atoms with Crippen LogP contribution in [-0.2, 0) is 11.8 Å². The Labute approximate surface area is 297 Å². The smallest absolute Gasteiger partial charge is 0.0361 e. The quantitative estimate of drug-likeness (QED) is 0.161. The molecule has 0 nitrogen and oxygen atoms in total. The number of aryl methyl sites for hydroxylation is 1. The van der Waals surface area contributed by atoms with Gasteiger partial charge in [0.25, 0.3) is 0 Å². The van der Waals surface area contributed by atoms with Crippen LogP contribution in [0.2, 0.25) is 0 Å². The molecule has 10 rings (SSSR count). The zero-order chi connectivity index (χ0) is 33.6. The van der Waals surface area contributed by atoms with Crippen LogP contribution in [0, 0.1) is 0 Å². The molecule has 0 amide bonds. The van der Waals surface area contributed by atoms with Gasteiger partial charge in [0, 0.05) is 25.6 Å². The molecule has 0 saturated carbocycles. The average molecular weight is 659 g/mol. The summed E-state index contributed by atoms with van der Waals surface area (Å²) in [6, 6.07) is 53.1. The Bertz CT molecular complexity index is 2770. The lowest BCUT2D eigenvalue weighted by atomic mass is 9.78. The van der Waals surface area contributed by atoms with Crippen LogP contribution >= 0.6 is 11.3 Å². The summed E-state index contributed by atoms with van der Waals surface area (Å²) in [4.78, 5) is 0. The molecule has 1 heterocycles. The summed E-state index contributed by atoms with van der Waals surface area (Å²) >= 11 is 1.89. The Morgan fingerprint density at radius 3 is 1.92 bits per heavy atom. The summed E-state index contributed by atoms with van der Waals surface area (Å²) in [6.45, 7) is 7.13. The van der Waals surface area contributed by atoms with E-state index < -0.39 is 0 Å². The summed E-state index contributed by atoms with van der Waals surface area (Å²) < 4.78 is 2.68. The van der Waals surface area contributed by atoms with Crippen molar-refractivity contribution >= 4 is 63.8 Å². The van der Waals surface area contributed by atoms with Crippen LogP contribution in [0.15, 0.2) is 140 Å². The topological polar surface area (TPSA) is 0 Å². The molecule has 0 unspecified atom stereocenters. The van der Waals surface area contributed by atoms with Gasteiger partial charge in [-0.25, -0.2) is 0 Å². The fourth-order valence-electron chi connectivity index (χ4n) is 9.11. The zero-order valence-corrected chi connectivity index (χ0v) is 29.6. The van der Waals surface area contributed by atoms with Crippen LogP contribution < -0.4 is 0 Å². The first-order valence-electron chi connectivity index (χ1n) is 18.1. The van der Waals surface area contributed by atoms with E-state index in [4.69, 9.17) is 0 Å². The van der Waals surface area contributed by atoms with E-state index in [0.717, 1.165) is 6.42 Å². The van der Waals surface area contributed by atoms with E-state index >= 15 is 0 Å². The van der Waals surface area contributed by atoms with E-state index in [-0.39, 0.29) is 5.41 Å². The molecule has 0 saturated heterocycles. The van der Waals surface area contributed by atoms with Gasteiger partial charge in [-0.1, -0.05) is 149 Å². The third-order valence-electron chi connectivity index (χ3n) is 11.4. The Morgan fingerprint density at radius 2 is 1.18 bits per heavy atom. The summed E-state index contributed by atoms with van der Waals surface area (Å²) in [6.07, 6.45) is 3.61. The first-order chi connectivity index (χ1) is 24.5. The maximum Gasteiger partial charge on any atom is 0.0361 e. The molecule has 0 spiro atoms. The largest absolute Gasteiger partial charge is 0.135 e. The van der Waals surface area contributed by atoms with Gasteiger partial charge in [-0.05, 0) is 113 Å². The second-order valence-electron chi connectivity index (χ2n) is 14.7. The van der Waals surface area contributed by atoms with Crippen molar-refractivity contribution < 1.29 is 0 Å². The summed E-state index contributed by atoms with van der Waals surface area (Å²) in [5.41, 5.74) is 12.2. The van der Waals surface area contributed by atoms with Crippen LogP contribution in [-0.4, -0.2) is 0 Å². The van der Waals surface area contributed by atoms with Gasteiger partial charge in [-0.2, -0.15) is 0 Å². The monoisotopic (exact) mass is 658 g/mol. The molecule has 8 aromatic carbocycles. The van der Waals surface area contributed by atoms with Crippen molar-refractivity contribution in [2.24, 2.45) is 0 Å². The van der Waals surface area contributed by atoms with Gasteiger partial charge in [0.05, 0.1) is 0 Å². The average Bonchev–Trinajstić information content (AvgIpc) is 3.65. The molecular formula is C49H38S. The van der Waals surface area contributed by atoms with Gasteiger partial charge < -0.3 is 0 Å².